The number of primary amides is 1. The number of amides is 2. The number of hydrogen-bond donors (Lipinski definition) is 4. The van der Waals surface area contributed by atoms with E-state index in [2.05, 4.69) is 15.2 Å². The minimum absolute atomic E-state index is 0.0758. The minimum atomic E-state index is -1.41. The van der Waals surface area contributed by atoms with Crippen molar-refractivity contribution in [2.45, 2.75) is 18.9 Å². The number of aromatic nitrogens is 3. The van der Waals surface area contributed by atoms with Crippen LogP contribution >= 0.6 is 0 Å². The highest BCUT2D eigenvalue weighted by atomic mass is 19.1. The molecule has 0 spiro atoms. The number of aromatic amines is 1. The molecule has 5 N–H and O–H groups in total. The number of nitrogens with one attached hydrogen (secondary N) is 1. The summed E-state index contributed by atoms with van der Waals surface area (Å²) in [7, 11) is 0. The second kappa shape index (κ2) is 9.22. The van der Waals surface area contributed by atoms with Crippen LogP contribution in [0.3, 0.4) is 0 Å². The van der Waals surface area contributed by atoms with E-state index in [1.165, 1.54) is 36.5 Å². The van der Waals surface area contributed by atoms with Gasteiger partial charge in [0.1, 0.15) is 28.8 Å². The SMILES string of the molecule is NC(=O)C1(C(=O)N(c2ccc(F)cc2)c2ccc(Oc3ccnc4[nH]nc(C(O)CO)c34)c(F)c2)CC1. The van der Waals surface area contributed by atoms with Crippen LogP contribution in [0.5, 0.6) is 11.5 Å². The molecule has 4 aromatic rings. The summed E-state index contributed by atoms with van der Waals surface area (Å²) >= 11 is 0. The van der Waals surface area contributed by atoms with Crippen molar-refractivity contribution in [1.29, 1.82) is 0 Å². The van der Waals surface area contributed by atoms with Gasteiger partial charge in [-0.3, -0.25) is 19.6 Å². The van der Waals surface area contributed by atoms with Crippen molar-refractivity contribution in [2.75, 3.05) is 11.5 Å². The molecule has 12 heteroatoms. The number of nitrogens with zero attached hydrogens (tertiary/aromatic N) is 3. The molecule has 37 heavy (non-hydrogen) atoms. The molecule has 1 aliphatic carbocycles. The summed E-state index contributed by atoms with van der Waals surface area (Å²) in [5.74, 6) is -2.91. The van der Waals surface area contributed by atoms with E-state index in [9.17, 15) is 24.2 Å². The molecule has 1 atom stereocenters. The van der Waals surface area contributed by atoms with Gasteiger partial charge in [0.15, 0.2) is 17.2 Å². The zero-order valence-corrected chi connectivity index (χ0v) is 19.2. The van der Waals surface area contributed by atoms with E-state index in [0.717, 1.165) is 23.1 Å². The maximum Gasteiger partial charge on any atom is 0.247 e. The fraction of sp³-hybridized carbons (Fsp3) is 0.200. The molecular weight excluding hydrogens is 488 g/mol. The molecule has 0 radical (unpaired) electrons. The number of ether oxygens (including phenoxy) is 1. The van der Waals surface area contributed by atoms with Gasteiger partial charge in [-0.2, -0.15) is 5.10 Å². The summed E-state index contributed by atoms with van der Waals surface area (Å²) in [5.41, 5.74) is 4.71. The molecule has 1 unspecified atom stereocenters. The molecule has 0 aliphatic heterocycles. The van der Waals surface area contributed by atoms with Gasteiger partial charge in [-0.05, 0) is 55.3 Å². The van der Waals surface area contributed by atoms with Crippen LogP contribution < -0.4 is 15.4 Å². The summed E-state index contributed by atoms with van der Waals surface area (Å²) in [6, 6.07) is 10.2. The second-order valence-electron chi connectivity index (χ2n) is 8.62. The van der Waals surface area contributed by atoms with Gasteiger partial charge in [0.2, 0.25) is 11.8 Å². The largest absolute Gasteiger partial charge is 0.453 e. The van der Waals surface area contributed by atoms with Crippen LogP contribution in [-0.2, 0) is 9.59 Å². The van der Waals surface area contributed by atoms with Crippen molar-refractivity contribution in [3.63, 3.8) is 0 Å². The number of H-pyrrole nitrogens is 1. The van der Waals surface area contributed by atoms with E-state index >= 15 is 4.39 Å². The molecule has 2 aromatic heterocycles. The number of nitrogens with two attached hydrogens (primary N) is 1. The number of anilines is 2. The summed E-state index contributed by atoms with van der Waals surface area (Å²) < 4.78 is 34.6. The Balaban J connectivity index is 1.53. The first-order chi connectivity index (χ1) is 17.7. The monoisotopic (exact) mass is 509 g/mol. The standard InChI is InChI=1S/C25H21F2N5O5/c26-13-1-3-14(4-2-13)32(24(36)25(8-9-25)23(28)35)15-5-6-18(16(27)11-15)37-19-7-10-29-22-20(19)21(30-31-22)17(34)12-33/h1-7,10-11,17,33-34H,8-9,12H2,(H2,28,35)(H,29,30,31). The zero-order chi connectivity index (χ0) is 26.3. The number of pyridine rings is 1. The van der Waals surface area contributed by atoms with Gasteiger partial charge in [-0.25, -0.2) is 13.8 Å². The third-order valence-electron chi connectivity index (χ3n) is 6.25. The summed E-state index contributed by atoms with van der Waals surface area (Å²) in [6.07, 6.45) is 0.592. The molecule has 2 aromatic carbocycles. The van der Waals surface area contributed by atoms with Crippen LogP contribution in [0.4, 0.5) is 20.2 Å². The van der Waals surface area contributed by atoms with Gasteiger partial charge in [-0.1, -0.05) is 0 Å². The fourth-order valence-corrected chi connectivity index (χ4v) is 4.07. The number of carbonyl (C=O) groups excluding carboxylic acids is 2. The van der Waals surface area contributed by atoms with Crippen molar-refractivity contribution in [3.05, 3.63) is 72.1 Å². The molecule has 0 bridgehead atoms. The fourth-order valence-electron chi connectivity index (χ4n) is 4.07. The van der Waals surface area contributed by atoms with E-state index in [0.29, 0.717) is 0 Å². The van der Waals surface area contributed by atoms with E-state index in [1.807, 2.05) is 0 Å². The Morgan fingerprint density at radius 3 is 2.43 bits per heavy atom. The molecule has 2 amide bonds. The maximum absolute atomic E-state index is 15.3. The van der Waals surface area contributed by atoms with Crippen molar-refractivity contribution in [1.82, 2.24) is 15.2 Å². The molecule has 190 valence electrons. The lowest BCUT2D eigenvalue weighted by Gasteiger charge is -2.26. The zero-order valence-electron chi connectivity index (χ0n) is 19.2. The highest BCUT2D eigenvalue weighted by Gasteiger charge is 2.57. The number of benzene rings is 2. The molecule has 2 heterocycles. The highest BCUT2D eigenvalue weighted by Crippen LogP contribution is 2.49. The lowest BCUT2D eigenvalue weighted by atomic mass is 10.0. The number of aliphatic hydroxyl groups is 2. The highest BCUT2D eigenvalue weighted by molar-refractivity contribution is 6.16. The number of halogens is 2. The Bertz CT molecular complexity index is 1500. The van der Waals surface area contributed by atoms with Crippen LogP contribution in [0.1, 0.15) is 24.6 Å². The number of rotatable bonds is 8. The third kappa shape index (κ3) is 4.26. The summed E-state index contributed by atoms with van der Waals surface area (Å²) in [6.45, 7) is -0.600. The Morgan fingerprint density at radius 1 is 1.11 bits per heavy atom. The van der Waals surface area contributed by atoms with Crippen molar-refractivity contribution in [3.8, 4) is 11.5 Å². The first kappa shape index (κ1) is 24.3. The Labute approximate surface area is 208 Å². The minimum Gasteiger partial charge on any atom is -0.453 e. The molecule has 0 saturated heterocycles. The number of hydrogen-bond acceptors (Lipinski definition) is 7. The molecule has 1 fully saturated rings. The average Bonchev–Trinajstić information content (AvgIpc) is 3.60. The summed E-state index contributed by atoms with van der Waals surface area (Å²) in [4.78, 5) is 30.6. The van der Waals surface area contributed by atoms with Crippen molar-refractivity contribution in [2.24, 2.45) is 11.1 Å². The van der Waals surface area contributed by atoms with Crippen LogP contribution in [0, 0.1) is 17.0 Å². The smallest absolute Gasteiger partial charge is 0.247 e. The third-order valence-corrected chi connectivity index (χ3v) is 6.25. The van der Waals surface area contributed by atoms with Crippen LogP contribution in [0.2, 0.25) is 0 Å². The van der Waals surface area contributed by atoms with E-state index in [4.69, 9.17) is 10.5 Å². The van der Waals surface area contributed by atoms with Gasteiger partial charge < -0.3 is 20.7 Å². The number of carbonyl (C=O) groups is 2. The lowest BCUT2D eigenvalue weighted by Crippen LogP contribution is -2.41. The topological polar surface area (TPSA) is 155 Å². The Hall–Kier alpha value is -4.42. The first-order valence-corrected chi connectivity index (χ1v) is 11.2. The van der Waals surface area contributed by atoms with Crippen molar-refractivity contribution < 1.29 is 33.3 Å². The van der Waals surface area contributed by atoms with Gasteiger partial charge >= 0.3 is 0 Å². The van der Waals surface area contributed by atoms with Crippen LogP contribution in [-0.4, -0.2) is 43.8 Å². The summed E-state index contributed by atoms with van der Waals surface area (Å²) in [5, 5.41) is 26.2. The van der Waals surface area contributed by atoms with E-state index in [-0.39, 0.29) is 52.4 Å². The van der Waals surface area contributed by atoms with Crippen LogP contribution in [0.25, 0.3) is 11.0 Å². The van der Waals surface area contributed by atoms with E-state index in [1.54, 1.807) is 0 Å². The van der Waals surface area contributed by atoms with Gasteiger partial charge in [0, 0.05) is 18.0 Å². The quantitative estimate of drug-likeness (QED) is 0.266. The Morgan fingerprint density at radius 2 is 1.81 bits per heavy atom. The first-order valence-electron chi connectivity index (χ1n) is 11.2. The molecule has 1 saturated carbocycles. The van der Waals surface area contributed by atoms with Gasteiger partial charge in [0.25, 0.3) is 0 Å². The Kier molecular flexibility index (Phi) is 6.05. The molecule has 1 aliphatic rings. The normalized spacial score (nSPS) is 14.8. The predicted molar refractivity (Wildman–Crippen MR) is 127 cm³/mol. The van der Waals surface area contributed by atoms with Crippen molar-refractivity contribution >= 4 is 34.2 Å². The molecule has 10 nitrogen and oxygen atoms in total. The van der Waals surface area contributed by atoms with Gasteiger partial charge in [-0.15, -0.1) is 0 Å². The second-order valence-corrected chi connectivity index (χ2v) is 8.62. The number of aliphatic hydroxyl groups excluding tert-OH is 2. The van der Waals surface area contributed by atoms with Gasteiger partial charge in [0.05, 0.1) is 17.7 Å². The maximum atomic E-state index is 15.3. The average molecular weight is 509 g/mol. The lowest BCUT2D eigenvalue weighted by molar-refractivity contribution is -0.133. The van der Waals surface area contributed by atoms with E-state index < -0.39 is 41.6 Å². The molecular formula is C25H21F2N5O5. The molecule has 5 rings (SSSR count). The predicted octanol–water partition coefficient (Wildman–Crippen LogP) is 2.98. The number of fused-ring (bicyclic) bond motifs is 1. The van der Waals surface area contributed by atoms with Crippen LogP contribution in [0.15, 0.2) is 54.7 Å².